The summed E-state index contributed by atoms with van der Waals surface area (Å²) in [6.07, 6.45) is -0.0328. The monoisotopic (exact) mass is 515 g/mol. The number of amides is 4. The Bertz CT molecular complexity index is 1290. The number of urea groups is 1. The van der Waals surface area contributed by atoms with Crippen LogP contribution in [0.5, 0.6) is 0 Å². The molecule has 0 bridgehead atoms. The van der Waals surface area contributed by atoms with E-state index >= 15 is 0 Å². The molecule has 9 heteroatoms. The van der Waals surface area contributed by atoms with E-state index in [1.165, 1.54) is 17.1 Å². The van der Waals surface area contributed by atoms with Crippen molar-refractivity contribution in [2.75, 3.05) is 26.7 Å². The largest absolute Gasteiger partial charge is 0.336 e. The third-order valence-corrected chi connectivity index (χ3v) is 7.02. The van der Waals surface area contributed by atoms with Gasteiger partial charge in [-0.3, -0.25) is 9.59 Å². The normalized spacial score (nSPS) is 19.9. The molecule has 4 amide bonds. The van der Waals surface area contributed by atoms with Crippen molar-refractivity contribution in [3.05, 3.63) is 107 Å². The Morgan fingerprint density at radius 1 is 0.921 bits per heavy atom. The van der Waals surface area contributed by atoms with Gasteiger partial charge in [0.15, 0.2) is 0 Å². The Kier molecular flexibility index (Phi) is 7.37. The van der Waals surface area contributed by atoms with Gasteiger partial charge in [-0.15, -0.1) is 0 Å². The lowest BCUT2D eigenvalue weighted by Gasteiger charge is -2.54. The lowest BCUT2D eigenvalue weighted by Crippen LogP contribution is -2.73. The Hall–Kier alpha value is -4.24. The molecule has 0 radical (unpaired) electrons. The Balaban J connectivity index is 1.43. The summed E-state index contributed by atoms with van der Waals surface area (Å²) in [7, 11) is 1.69. The van der Waals surface area contributed by atoms with Gasteiger partial charge >= 0.3 is 6.03 Å². The molecule has 2 saturated heterocycles. The van der Waals surface area contributed by atoms with Gasteiger partial charge in [0, 0.05) is 20.1 Å². The second-order valence-corrected chi connectivity index (χ2v) is 9.56. The number of hydrogen-bond donors (Lipinski definition) is 1. The standard InChI is InChI=1S/C29H30FN5O3/c1-32-20-26(36)34-25(35(32)29(38)31-18-22-12-14-24(30)15-13-22)19-33(17-16-21-8-4-2-5-9-21)28(37)27(34)23-10-6-3-7-11-23/h2-15,25,27H,16-20H2,1H3,(H,31,38)/t25-,27?/m0/s1. The number of nitrogens with one attached hydrogen (secondary N) is 1. The molecule has 0 aromatic heterocycles. The molecule has 0 saturated carbocycles. The van der Waals surface area contributed by atoms with Crippen molar-refractivity contribution in [3.63, 3.8) is 0 Å². The highest BCUT2D eigenvalue weighted by atomic mass is 19.1. The topological polar surface area (TPSA) is 76.2 Å². The molecule has 1 unspecified atom stereocenters. The van der Waals surface area contributed by atoms with Crippen LogP contribution in [0.15, 0.2) is 84.9 Å². The molecule has 0 spiro atoms. The molecule has 2 atom stereocenters. The van der Waals surface area contributed by atoms with Crippen LogP contribution in [-0.4, -0.2) is 70.5 Å². The molecule has 3 aromatic rings. The summed E-state index contributed by atoms with van der Waals surface area (Å²) in [4.78, 5) is 43.9. The fourth-order valence-corrected chi connectivity index (χ4v) is 5.13. The number of carbonyl (C=O) groups excluding carboxylic acids is 3. The number of benzene rings is 3. The third kappa shape index (κ3) is 5.24. The average Bonchev–Trinajstić information content (AvgIpc) is 2.93. The molecule has 38 heavy (non-hydrogen) atoms. The van der Waals surface area contributed by atoms with Gasteiger partial charge in [0.25, 0.3) is 0 Å². The average molecular weight is 516 g/mol. The Labute approximate surface area is 221 Å². The predicted octanol–water partition coefficient (Wildman–Crippen LogP) is 3.18. The van der Waals surface area contributed by atoms with Gasteiger partial charge in [-0.1, -0.05) is 72.8 Å². The van der Waals surface area contributed by atoms with Gasteiger partial charge in [-0.05, 0) is 35.2 Å². The summed E-state index contributed by atoms with van der Waals surface area (Å²) in [5.41, 5.74) is 2.55. The van der Waals surface area contributed by atoms with Crippen LogP contribution in [0.1, 0.15) is 22.7 Å². The summed E-state index contributed by atoms with van der Waals surface area (Å²) in [5, 5.41) is 6.00. The van der Waals surface area contributed by atoms with E-state index in [1.54, 1.807) is 34.0 Å². The van der Waals surface area contributed by atoms with Crippen LogP contribution in [-0.2, 0) is 22.6 Å². The molecule has 196 valence electrons. The minimum absolute atomic E-state index is 0.0406. The van der Waals surface area contributed by atoms with E-state index in [9.17, 15) is 18.8 Å². The number of hydrogen-bond acceptors (Lipinski definition) is 4. The van der Waals surface area contributed by atoms with Crippen molar-refractivity contribution in [1.29, 1.82) is 0 Å². The molecule has 0 aliphatic carbocycles. The number of piperazine rings is 1. The van der Waals surface area contributed by atoms with Gasteiger partial charge in [-0.25, -0.2) is 19.2 Å². The van der Waals surface area contributed by atoms with E-state index in [4.69, 9.17) is 0 Å². The number of hydrazine groups is 1. The van der Waals surface area contributed by atoms with Crippen molar-refractivity contribution in [2.45, 2.75) is 25.2 Å². The maximum Gasteiger partial charge on any atom is 0.334 e. The first-order chi connectivity index (χ1) is 18.4. The SMILES string of the molecule is CN1CC(=O)N2C(c3ccccc3)C(=O)N(CCc3ccccc3)C[C@@H]2N1C(=O)NCc1ccc(F)cc1. The molecule has 2 aliphatic heterocycles. The number of carbonyl (C=O) groups is 3. The van der Waals surface area contributed by atoms with Crippen molar-refractivity contribution in [3.8, 4) is 0 Å². The lowest BCUT2D eigenvalue weighted by atomic mass is 9.98. The molecule has 8 nitrogen and oxygen atoms in total. The highest BCUT2D eigenvalue weighted by Crippen LogP contribution is 2.34. The fraction of sp³-hybridized carbons (Fsp3) is 0.276. The maximum atomic E-state index is 13.8. The van der Waals surface area contributed by atoms with Crippen LogP contribution in [0.2, 0.25) is 0 Å². The molecule has 5 rings (SSSR count). The van der Waals surface area contributed by atoms with E-state index in [2.05, 4.69) is 5.32 Å². The van der Waals surface area contributed by atoms with Gasteiger partial charge in [0.2, 0.25) is 11.8 Å². The van der Waals surface area contributed by atoms with E-state index < -0.39 is 18.2 Å². The van der Waals surface area contributed by atoms with Crippen molar-refractivity contribution < 1.29 is 18.8 Å². The highest BCUT2D eigenvalue weighted by molar-refractivity contribution is 5.92. The zero-order valence-corrected chi connectivity index (χ0v) is 21.2. The fourth-order valence-electron chi connectivity index (χ4n) is 5.13. The van der Waals surface area contributed by atoms with Crippen molar-refractivity contribution >= 4 is 17.8 Å². The van der Waals surface area contributed by atoms with Crippen LogP contribution >= 0.6 is 0 Å². The summed E-state index contributed by atoms with van der Waals surface area (Å²) in [6.45, 7) is 0.804. The van der Waals surface area contributed by atoms with Crippen LogP contribution < -0.4 is 5.32 Å². The van der Waals surface area contributed by atoms with E-state index in [0.29, 0.717) is 18.5 Å². The van der Waals surface area contributed by atoms with Gasteiger partial charge in [0.1, 0.15) is 18.0 Å². The van der Waals surface area contributed by atoms with Crippen molar-refractivity contribution in [2.24, 2.45) is 0 Å². The van der Waals surface area contributed by atoms with Gasteiger partial charge < -0.3 is 15.1 Å². The lowest BCUT2D eigenvalue weighted by molar-refractivity contribution is -0.187. The van der Waals surface area contributed by atoms with Gasteiger partial charge in [-0.2, -0.15) is 0 Å². The minimum Gasteiger partial charge on any atom is -0.336 e. The number of halogens is 1. The molecule has 2 aliphatic rings. The number of fused-ring (bicyclic) bond motifs is 1. The van der Waals surface area contributed by atoms with Gasteiger partial charge in [0.05, 0.1) is 13.1 Å². The number of likely N-dealkylation sites (N-methyl/N-ethyl adjacent to an activating group) is 1. The number of rotatable bonds is 6. The molecular weight excluding hydrogens is 485 g/mol. The van der Waals surface area contributed by atoms with E-state index in [1.807, 2.05) is 60.7 Å². The molecule has 3 aromatic carbocycles. The molecule has 2 fully saturated rings. The minimum atomic E-state index is -0.834. The molecule has 2 heterocycles. The highest BCUT2D eigenvalue weighted by Gasteiger charge is 2.51. The van der Waals surface area contributed by atoms with E-state index in [0.717, 1.165) is 11.1 Å². The summed E-state index contributed by atoms with van der Waals surface area (Å²) in [5.74, 6) is -0.725. The van der Waals surface area contributed by atoms with E-state index in [-0.39, 0.29) is 37.3 Å². The van der Waals surface area contributed by atoms with Crippen molar-refractivity contribution in [1.82, 2.24) is 25.1 Å². The van der Waals surface area contributed by atoms with Crippen LogP contribution in [0.25, 0.3) is 0 Å². The first-order valence-electron chi connectivity index (χ1n) is 12.6. The summed E-state index contributed by atoms with van der Waals surface area (Å²) >= 11 is 0. The first-order valence-corrected chi connectivity index (χ1v) is 12.6. The van der Waals surface area contributed by atoms with Crippen LogP contribution in [0.3, 0.4) is 0 Å². The zero-order valence-electron chi connectivity index (χ0n) is 21.2. The maximum absolute atomic E-state index is 13.8. The predicted molar refractivity (Wildman–Crippen MR) is 140 cm³/mol. The quantitative estimate of drug-likeness (QED) is 0.547. The van der Waals surface area contributed by atoms with Crippen LogP contribution in [0.4, 0.5) is 9.18 Å². The summed E-state index contributed by atoms with van der Waals surface area (Å²) < 4.78 is 13.3. The summed E-state index contributed by atoms with van der Waals surface area (Å²) in [6, 6.07) is 23.8. The third-order valence-electron chi connectivity index (χ3n) is 7.02. The molecule has 1 N–H and O–H groups in total. The number of nitrogens with zero attached hydrogens (tertiary/aromatic N) is 4. The Morgan fingerprint density at radius 3 is 2.26 bits per heavy atom. The second-order valence-electron chi connectivity index (χ2n) is 9.56. The second kappa shape index (κ2) is 11.0. The van der Waals surface area contributed by atoms with Crippen LogP contribution in [0, 0.1) is 5.82 Å². The molecular formula is C29H30FN5O3. The smallest absolute Gasteiger partial charge is 0.334 e. The Morgan fingerprint density at radius 2 is 1.58 bits per heavy atom. The first kappa shape index (κ1) is 25.4. The zero-order chi connectivity index (χ0) is 26.6.